The zero-order valence-electron chi connectivity index (χ0n) is 13.7. The van der Waals surface area contributed by atoms with Crippen LogP contribution in [0.25, 0.3) is 11.0 Å². The van der Waals surface area contributed by atoms with Gasteiger partial charge < -0.3 is 10.3 Å². The molecule has 0 saturated carbocycles. The number of rotatable bonds is 5. The predicted molar refractivity (Wildman–Crippen MR) is 107 cm³/mol. The Labute approximate surface area is 155 Å². The molecule has 0 bridgehead atoms. The fourth-order valence-corrected chi connectivity index (χ4v) is 5.73. The van der Waals surface area contributed by atoms with Crippen molar-refractivity contribution in [3.05, 3.63) is 59.9 Å². The van der Waals surface area contributed by atoms with Gasteiger partial charge in [0.15, 0.2) is 0 Å². The molecule has 1 aliphatic rings. The number of amides is 1. The molecule has 1 fully saturated rings. The minimum Gasteiger partial charge on any atom is -0.342 e. The van der Waals surface area contributed by atoms with Crippen LogP contribution in [0.2, 0.25) is 0 Å². The number of aromatic amines is 1. The molecule has 0 atom stereocenters. The molecule has 0 unspecified atom stereocenters. The Bertz CT molecular complexity index is 854. The first-order valence-electron chi connectivity index (χ1n) is 8.34. The molecule has 4 rings (SSSR count). The Kier molecular flexibility index (Phi) is 4.99. The second-order valence-electron chi connectivity index (χ2n) is 5.95. The van der Waals surface area contributed by atoms with Crippen molar-refractivity contribution in [1.82, 2.24) is 9.97 Å². The van der Waals surface area contributed by atoms with Gasteiger partial charge in [-0.2, -0.15) is 0 Å². The van der Waals surface area contributed by atoms with Gasteiger partial charge in [0.1, 0.15) is 5.82 Å². The third kappa shape index (κ3) is 4.02. The first-order chi connectivity index (χ1) is 12.3. The summed E-state index contributed by atoms with van der Waals surface area (Å²) in [5, 5.41) is 3.01. The van der Waals surface area contributed by atoms with Gasteiger partial charge in [0, 0.05) is 30.0 Å². The number of hydrogen-bond donors (Lipinski definition) is 2. The lowest BCUT2D eigenvalue weighted by Gasteiger charge is -2.11. The van der Waals surface area contributed by atoms with Crippen molar-refractivity contribution in [3.63, 3.8) is 0 Å². The van der Waals surface area contributed by atoms with Crippen molar-refractivity contribution < 1.29 is 4.79 Å². The van der Waals surface area contributed by atoms with Crippen molar-refractivity contribution in [1.29, 1.82) is 0 Å². The Hall–Kier alpha value is -1.92. The number of imidazole rings is 1. The number of aromatic nitrogens is 2. The van der Waals surface area contributed by atoms with Gasteiger partial charge in [-0.25, -0.2) is 4.98 Å². The molecule has 1 aromatic heterocycles. The van der Waals surface area contributed by atoms with E-state index in [1.165, 1.54) is 17.1 Å². The lowest BCUT2D eigenvalue weighted by molar-refractivity contribution is -0.116. The topological polar surface area (TPSA) is 57.8 Å². The first-order valence-corrected chi connectivity index (χ1v) is 10.4. The fourth-order valence-electron chi connectivity index (χ4n) is 2.89. The van der Waals surface area contributed by atoms with Crippen molar-refractivity contribution in [2.75, 3.05) is 16.8 Å². The maximum Gasteiger partial charge on any atom is 0.224 e. The third-order valence-corrected chi connectivity index (χ3v) is 7.20. The lowest BCUT2D eigenvalue weighted by Crippen LogP contribution is -2.12. The van der Waals surface area contributed by atoms with Crippen LogP contribution in [-0.2, 0) is 11.2 Å². The summed E-state index contributed by atoms with van der Waals surface area (Å²) in [6.45, 7) is 0. The number of thioether (sulfide) groups is 2. The van der Waals surface area contributed by atoms with Crippen LogP contribution in [-0.4, -0.2) is 27.4 Å². The summed E-state index contributed by atoms with van der Waals surface area (Å²) in [7, 11) is 0. The van der Waals surface area contributed by atoms with E-state index >= 15 is 0 Å². The van der Waals surface area contributed by atoms with Crippen LogP contribution in [0, 0.1) is 0 Å². The average molecular weight is 370 g/mol. The number of H-pyrrole nitrogens is 1. The lowest BCUT2D eigenvalue weighted by atomic mass is 10.2. The van der Waals surface area contributed by atoms with Crippen LogP contribution >= 0.6 is 23.5 Å². The van der Waals surface area contributed by atoms with Crippen LogP contribution in [0.1, 0.15) is 22.4 Å². The van der Waals surface area contributed by atoms with E-state index in [9.17, 15) is 4.79 Å². The normalized spacial score (nSPS) is 14.9. The van der Waals surface area contributed by atoms with Gasteiger partial charge in [0.05, 0.1) is 15.6 Å². The summed E-state index contributed by atoms with van der Waals surface area (Å²) in [6, 6.07) is 16.1. The predicted octanol–water partition coefficient (Wildman–Crippen LogP) is 4.61. The van der Waals surface area contributed by atoms with Gasteiger partial charge in [0.25, 0.3) is 0 Å². The monoisotopic (exact) mass is 369 g/mol. The molecule has 0 spiro atoms. The highest BCUT2D eigenvalue weighted by Gasteiger charge is 2.18. The number of benzene rings is 2. The average Bonchev–Trinajstić information content (AvgIpc) is 3.29. The minimum absolute atomic E-state index is 0.0179. The highest BCUT2D eigenvalue weighted by atomic mass is 32.2. The highest BCUT2D eigenvalue weighted by molar-refractivity contribution is 8.19. The molecule has 128 valence electrons. The number of carbonyl (C=O) groups is 1. The number of hydrogen-bond acceptors (Lipinski definition) is 4. The fraction of sp³-hybridized carbons (Fsp3) is 0.263. The standard InChI is InChI=1S/C19H19N3OS2/c23-18(9-8-17-21-15-6-1-2-7-16(15)22-17)20-14-5-3-4-13(12-14)19-24-10-11-25-19/h1-7,12,19H,8-11H2,(H,20,23)(H,21,22). The van der Waals surface area contributed by atoms with Crippen LogP contribution in [0.5, 0.6) is 0 Å². The number of carbonyl (C=O) groups excluding carboxylic acids is 1. The van der Waals surface area contributed by atoms with Gasteiger partial charge in [-0.15, -0.1) is 23.5 Å². The van der Waals surface area contributed by atoms with Crippen molar-refractivity contribution >= 4 is 46.2 Å². The molecule has 4 nitrogen and oxygen atoms in total. The Morgan fingerprint density at radius 3 is 2.84 bits per heavy atom. The van der Waals surface area contributed by atoms with Crippen LogP contribution in [0.3, 0.4) is 0 Å². The number of para-hydroxylation sites is 2. The summed E-state index contributed by atoms with van der Waals surface area (Å²) in [5.74, 6) is 3.26. The molecule has 3 aromatic rings. The molecule has 2 N–H and O–H groups in total. The van der Waals surface area contributed by atoms with E-state index in [0.29, 0.717) is 17.4 Å². The van der Waals surface area contributed by atoms with Gasteiger partial charge in [-0.05, 0) is 29.8 Å². The van der Waals surface area contributed by atoms with Crippen molar-refractivity contribution in [2.24, 2.45) is 0 Å². The summed E-state index contributed by atoms with van der Waals surface area (Å²) in [6.07, 6.45) is 1.02. The second-order valence-corrected chi connectivity index (χ2v) is 8.67. The third-order valence-electron chi connectivity index (χ3n) is 4.09. The quantitative estimate of drug-likeness (QED) is 0.689. The van der Waals surface area contributed by atoms with Gasteiger partial charge in [-0.1, -0.05) is 24.3 Å². The molecule has 6 heteroatoms. The molecule has 1 amide bonds. The van der Waals surface area contributed by atoms with E-state index in [-0.39, 0.29) is 5.91 Å². The smallest absolute Gasteiger partial charge is 0.224 e. The SMILES string of the molecule is O=C(CCc1nc2ccccc2[nH]1)Nc1cccc(C2SCCS2)c1. The number of nitrogens with one attached hydrogen (secondary N) is 2. The van der Waals surface area contributed by atoms with Crippen molar-refractivity contribution in [3.8, 4) is 0 Å². The van der Waals surface area contributed by atoms with E-state index in [1.54, 1.807) is 0 Å². The highest BCUT2D eigenvalue weighted by Crippen LogP contribution is 2.45. The van der Waals surface area contributed by atoms with Crippen LogP contribution in [0.4, 0.5) is 5.69 Å². The van der Waals surface area contributed by atoms with E-state index in [4.69, 9.17) is 0 Å². The molecule has 2 heterocycles. The molecule has 0 radical (unpaired) electrons. The summed E-state index contributed by atoms with van der Waals surface area (Å²) in [4.78, 5) is 20.1. The molecule has 1 aliphatic heterocycles. The molecule has 2 aromatic carbocycles. The van der Waals surface area contributed by atoms with E-state index < -0.39 is 0 Å². The zero-order chi connectivity index (χ0) is 17.1. The maximum absolute atomic E-state index is 12.3. The number of nitrogens with zero attached hydrogens (tertiary/aromatic N) is 1. The number of anilines is 1. The zero-order valence-corrected chi connectivity index (χ0v) is 15.3. The van der Waals surface area contributed by atoms with E-state index in [0.717, 1.165) is 22.5 Å². The molecule has 25 heavy (non-hydrogen) atoms. The van der Waals surface area contributed by atoms with Gasteiger partial charge in [-0.3, -0.25) is 4.79 Å². The first kappa shape index (κ1) is 16.5. The Morgan fingerprint density at radius 1 is 1.16 bits per heavy atom. The Morgan fingerprint density at radius 2 is 2.00 bits per heavy atom. The molecule has 1 saturated heterocycles. The maximum atomic E-state index is 12.3. The van der Waals surface area contributed by atoms with Gasteiger partial charge in [0.2, 0.25) is 5.91 Å². The number of aryl methyl sites for hydroxylation is 1. The summed E-state index contributed by atoms with van der Waals surface area (Å²) in [5.41, 5.74) is 4.11. The largest absolute Gasteiger partial charge is 0.342 e. The Balaban J connectivity index is 1.36. The summed E-state index contributed by atoms with van der Waals surface area (Å²) >= 11 is 3.94. The minimum atomic E-state index is 0.0179. The number of fused-ring (bicyclic) bond motifs is 1. The molecular weight excluding hydrogens is 350 g/mol. The van der Waals surface area contributed by atoms with Crippen LogP contribution in [0.15, 0.2) is 48.5 Å². The van der Waals surface area contributed by atoms with Gasteiger partial charge >= 0.3 is 0 Å². The van der Waals surface area contributed by atoms with E-state index in [1.807, 2.05) is 59.9 Å². The summed E-state index contributed by atoms with van der Waals surface area (Å²) < 4.78 is 0.493. The second kappa shape index (κ2) is 7.54. The van der Waals surface area contributed by atoms with Crippen LogP contribution < -0.4 is 5.32 Å². The molecule has 0 aliphatic carbocycles. The van der Waals surface area contributed by atoms with Crippen molar-refractivity contribution in [2.45, 2.75) is 17.4 Å². The molecular formula is C19H19N3OS2. The van der Waals surface area contributed by atoms with E-state index in [2.05, 4.69) is 27.4 Å².